The van der Waals surface area contributed by atoms with Crippen LogP contribution in [0.5, 0.6) is 0 Å². The average molecular weight is 533 g/mol. The zero-order valence-corrected chi connectivity index (χ0v) is 23.2. The summed E-state index contributed by atoms with van der Waals surface area (Å²) in [5.74, 6) is -3.48. The lowest BCUT2D eigenvalue weighted by molar-refractivity contribution is -0.436. The third kappa shape index (κ3) is 2.74. The van der Waals surface area contributed by atoms with Crippen LogP contribution in [0.25, 0.3) is 0 Å². The second-order valence-corrected chi connectivity index (χ2v) is 14.0. The van der Waals surface area contributed by atoms with E-state index in [4.69, 9.17) is 18.9 Å². The third-order valence-corrected chi connectivity index (χ3v) is 12.1. The fraction of sp³-hybridized carbons (Fsp3) is 0.900. The molecule has 0 aromatic rings. The van der Waals surface area contributed by atoms with E-state index in [0.717, 1.165) is 44.1 Å². The van der Waals surface area contributed by atoms with Crippen molar-refractivity contribution in [2.24, 2.45) is 35.5 Å². The van der Waals surface area contributed by atoms with Gasteiger partial charge in [0.15, 0.2) is 11.4 Å². The van der Waals surface area contributed by atoms with Crippen molar-refractivity contribution in [1.29, 1.82) is 0 Å². The molecule has 212 valence electrons. The molecule has 14 atom stereocenters. The number of Topliss-reactive ketones (excluding diaryl/α,β-unsaturated/α-hetero) is 1. The summed E-state index contributed by atoms with van der Waals surface area (Å²) in [4.78, 5) is 14.2. The van der Waals surface area contributed by atoms with E-state index in [9.17, 15) is 20.1 Å². The number of hydrogen-bond acceptors (Lipinski definition) is 8. The molecular weight excluding hydrogens is 488 g/mol. The molecule has 3 N–H and O–H groups in total. The van der Waals surface area contributed by atoms with E-state index in [1.807, 2.05) is 13.8 Å². The molecule has 3 saturated carbocycles. The summed E-state index contributed by atoms with van der Waals surface area (Å²) in [6.07, 6.45) is 4.60. The molecule has 7 fully saturated rings. The molecule has 0 aromatic carbocycles. The van der Waals surface area contributed by atoms with Crippen LogP contribution < -0.4 is 0 Å². The topological polar surface area (TPSA) is 118 Å². The van der Waals surface area contributed by atoms with Gasteiger partial charge in [-0.2, -0.15) is 0 Å². The maximum atomic E-state index is 14.2. The largest absolute Gasteiger partial charge is 0.393 e. The Morgan fingerprint density at radius 3 is 2.47 bits per heavy atom. The van der Waals surface area contributed by atoms with Crippen LogP contribution in [0.15, 0.2) is 12.2 Å². The Morgan fingerprint density at radius 2 is 1.76 bits per heavy atom. The first-order chi connectivity index (χ1) is 18.0. The number of rotatable bonds is 2. The maximum absolute atomic E-state index is 14.2. The molecule has 4 saturated heterocycles. The lowest BCUT2D eigenvalue weighted by Crippen LogP contribution is -2.73. The second kappa shape index (κ2) is 7.90. The van der Waals surface area contributed by atoms with Gasteiger partial charge in [0.25, 0.3) is 5.97 Å². The van der Waals surface area contributed by atoms with Gasteiger partial charge in [-0.3, -0.25) is 4.79 Å². The molecular formula is C30H44O8. The first-order valence-corrected chi connectivity index (χ1v) is 14.9. The molecule has 7 rings (SSSR count). The van der Waals surface area contributed by atoms with Crippen molar-refractivity contribution in [2.75, 3.05) is 6.61 Å². The monoisotopic (exact) mass is 532 g/mol. The minimum absolute atomic E-state index is 0.136. The first kappa shape index (κ1) is 26.1. The summed E-state index contributed by atoms with van der Waals surface area (Å²) in [5.41, 5.74) is -4.56. The number of ether oxygens (including phenoxy) is 4. The Bertz CT molecular complexity index is 1060. The summed E-state index contributed by atoms with van der Waals surface area (Å²) < 4.78 is 27.2. The van der Waals surface area contributed by atoms with Crippen LogP contribution >= 0.6 is 0 Å². The normalized spacial score (nSPS) is 60.8. The fourth-order valence-corrected chi connectivity index (χ4v) is 10.4. The molecule has 4 heterocycles. The number of ketones is 1. The molecule has 0 amide bonds. The Morgan fingerprint density at radius 1 is 1.05 bits per heavy atom. The van der Waals surface area contributed by atoms with Gasteiger partial charge < -0.3 is 34.3 Å². The van der Waals surface area contributed by atoms with Crippen molar-refractivity contribution in [3.05, 3.63) is 12.2 Å². The van der Waals surface area contributed by atoms with E-state index in [2.05, 4.69) is 20.4 Å². The van der Waals surface area contributed by atoms with Crippen LogP contribution in [0, 0.1) is 35.5 Å². The number of epoxide rings is 1. The minimum Gasteiger partial charge on any atom is -0.393 e. The second-order valence-electron chi connectivity index (χ2n) is 14.0. The van der Waals surface area contributed by atoms with Crippen LogP contribution in [0.2, 0.25) is 0 Å². The molecule has 3 bridgehead atoms. The molecule has 38 heavy (non-hydrogen) atoms. The van der Waals surface area contributed by atoms with Gasteiger partial charge in [-0.15, -0.1) is 0 Å². The van der Waals surface area contributed by atoms with Crippen LogP contribution in [0.3, 0.4) is 0 Å². The lowest BCUT2D eigenvalue weighted by Gasteiger charge is -2.61. The van der Waals surface area contributed by atoms with Gasteiger partial charge in [-0.1, -0.05) is 59.5 Å². The van der Waals surface area contributed by atoms with Crippen LogP contribution in [0.4, 0.5) is 0 Å². The standard InChI is InChI=1S/C30H44O8/c1-15(2)26-13-17(4)30-20-23(26)36-28(37-26,38-30)12-10-8-6-7-9-11-16(3)19-18(5)22(32)29(34,21(19)30)25(33)27(14-31)24(20)35-27/h16-21,23-25,31,33-34H,1,6-14H2,2-5H3/t16-,17+,18-,19-,20+,21+,23+,24-,25+,26+,27-,28+,29+,30+/m0/s1. The predicted molar refractivity (Wildman–Crippen MR) is 136 cm³/mol. The lowest BCUT2D eigenvalue weighted by atomic mass is 9.52. The van der Waals surface area contributed by atoms with Gasteiger partial charge in [0.05, 0.1) is 12.2 Å². The summed E-state index contributed by atoms with van der Waals surface area (Å²) in [6, 6.07) is 0. The number of aliphatic hydroxyl groups excluding tert-OH is 2. The smallest absolute Gasteiger partial charge is 0.284 e. The van der Waals surface area contributed by atoms with Crippen molar-refractivity contribution >= 4 is 5.78 Å². The van der Waals surface area contributed by atoms with Crippen LogP contribution in [-0.4, -0.2) is 74.4 Å². The van der Waals surface area contributed by atoms with Crippen LogP contribution in [-0.2, 0) is 23.7 Å². The van der Waals surface area contributed by atoms with E-state index < -0.39 is 71.0 Å². The van der Waals surface area contributed by atoms with E-state index in [0.29, 0.717) is 12.8 Å². The Hall–Kier alpha value is -0.870. The Kier molecular flexibility index (Phi) is 5.42. The van der Waals surface area contributed by atoms with Gasteiger partial charge in [0, 0.05) is 24.2 Å². The molecule has 0 aromatic heterocycles. The predicted octanol–water partition coefficient (Wildman–Crippen LogP) is 2.86. The zero-order valence-electron chi connectivity index (χ0n) is 23.2. The quantitative estimate of drug-likeness (QED) is 0.367. The SMILES string of the molecule is C=C(C)[C@]12C[C@@H](C)[C@@]34O[C@@]5(CCCCCCC[C@H](C)[C@H]6[C@H](C)C(=O)[C@@](O)([C@H](O)[C@@]7(CO)O[C@H]7[C@H]3[C@H]1O5)[C@@H]64)O2. The highest BCUT2D eigenvalue weighted by Crippen LogP contribution is 2.74. The van der Waals surface area contributed by atoms with E-state index >= 15 is 0 Å². The maximum Gasteiger partial charge on any atom is 0.284 e. The zero-order chi connectivity index (χ0) is 27.0. The summed E-state index contributed by atoms with van der Waals surface area (Å²) in [6.45, 7) is 12.0. The van der Waals surface area contributed by atoms with E-state index in [-0.39, 0.29) is 23.5 Å². The van der Waals surface area contributed by atoms with Crippen molar-refractivity contribution in [2.45, 2.75) is 126 Å². The van der Waals surface area contributed by atoms with Gasteiger partial charge in [-0.25, -0.2) is 0 Å². The molecule has 2 spiro atoms. The van der Waals surface area contributed by atoms with Crippen molar-refractivity contribution in [3.63, 3.8) is 0 Å². The number of aliphatic hydroxyl groups is 3. The van der Waals surface area contributed by atoms with Crippen molar-refractivity contribution < 1.29 is 39.1 Å². The molecule has 0 radical (unpaired) electrons. The summed E-state index contributed by atoms with van der Waals surface area (Å²) >= 11 is 0. The highest BCUT2D eigenvalue weighted by atomic mass is 16.9. The molecule has 4 aliphatic heterocycles. The van der Waals surface area contributed by atoms with Crippen LogP contribution in [0.1, 0.15) is 79.1 Å². The number of hydrogen-bond donors (Lipinski definition) is 3. The Balaban J connectivity index is 1.51. The molecule has 8 nitrogen and oxygen atoms in total. The molecule has 8 heteroatoms. The highest BCUT2D eigenvalue weighted by molar-refractivity contribution is 5.93. The minimum atomic E-state index is -2.11. The summed E-state index contributed by atoms with van der Waals surface area (Å²) in [5, 5.41) is 35.2. The molecule has 7 aliphatic rings. The van der Waals surface area contributed by atoms with Gasteiger partial charge in [-0.05, 0) is 43.1 Å². The third-order valence-electron chi connectivity index (χ3n) is 12.1. The fourth-order valence-electron chi connectivity index (χ4n) is 10.4. The van der Waals surface area contributed by atoms with E-state index in [1.165, 1.54) is 0 Å². The van der Waals surface area contributed by atoms with Crippen molar-refractivity contribution in [1.82, 2.24) is 0 Å². The highest BCUT2D eigenvalue weighted by Gasteiger charge is 2.89. The number of carbonyl (C=O) groups is 1. The van der Waals surface area contributed by atoms with Gasteiger partial charge >= 0.3 is 0 Å². The van der Waals surface area contributed by atoms with E-state index in [1.54, 1.807) is 0 Å². The van der Waals surface area contributed by atoms with Crippen molar-refractivity contribution in [3.8, 4) is 0 Å². The molecule has 3 aliphatic carbocycles. The average Bonchev–Trinajstić information content (AvgIpc) is 3.52. The molecule has 0 unspecified atom stereocenters. The van der Waals surface area contributed by atoms with Gasteiger partial charge in [0.2, 0.25) is 0 Å². The van der Waals surface area contributed by atoms with Gasteiger partial charge in [0.1, 0.15) is 29.5 Å². The first-order valence-electron chi connectivity index (χ1n) is 14.9. The number of fused-ring (bicyclic) bond motifs is 1. The summed E-state index contributed by atoms with van der Waals surface area (Å²) in [7, 11) is 0. The number of carbonyl (C=O) groups excluding carboxylic acids is 1. The Labute approximate surface area is 225 Å².